The first-order chi connectivity index (χ1) is 12.9. The number of carbonyl (C=O) groups excluding carboxylic acids is 1. The monoisotopic (exact) mass is 373 g/mol. The van der Waals surface area contributed by atoms with Crippen LogP contribution in [0.1, 0.15) is 51.6 Å². The number of nitrogens with one attached hydrogen (secondary N) is 1. The quantitative estimate of drug-likeness (QED) is 0.856. The highest BCUT2D eigenvalue weighted by molar-refractivity contribution is 5.74. The molecule has 2 aliphatic rings. The molecule has 3 rings (SSSR count). The van der Waals surface area contributed by atoms with Gasteiger partial charge in [0.25, 0.3) is 0 Å². The van der Waals surface area contributed by atoms with E-state index in [0.29, 0.717) is 6.10 Å². The summed E-state index contributed by atoms with van der Waals surface area (Å²) in [6.45, 7) is 12.0. The molecule has 2 unspecified atom stereocenters. The van der Waals surface area contributed by atoms with Crippen molar-refractivity contribution in [3.8, 4) is 0 Å². The minimum atomic E-state index is 0.0450. The van der Waals surface area contributed by atoms with Crippen LogP contribution in [0.15, 0.2) is 30.3 Å². The van der Waals surface area contributed by atoms with Crippen molar-refractivity contribution in [1.82, 2.24) is 15.1 Å². The molecule has 2 saturated heterocycles. The van der Waals surface area contributed by atoms with Gasteiger partial charge < -0.3 is 15.0 Å². The molecule has 1 N–H and O–H groups in total. The molecular weight excluding hydrogens is 338 g/mol. The summed E-state index contributed by atoms with van der Waals surface area (Å²) < 4.78 is 5.74. The van der Waals surface area contributed by atoms with Crippen molar-refractivity contribution >= 4 is 6.03 Å². The molecule has 0 radical (unpaired) electrons. The maximum absolute atomic E-state index is 12.9. The van der Waals surface area contributed by atoms with Gasteiger partial charge in [0, 0.05) is 39.3 Å². The molecule has 0 spiro atoms. The van der Waals surface area contributed by atoms with Crippen LogP contribution in [0.2, 0.25) is 0 Å². The third-order valence-corrected chi connectivity index (χ3v) is 5.46. The van der Waals surface area contributed by atoms with Crippen LogP contribution in [-0.4, -0.2) is 61.3 Å². The Morgan fingerprint density at radius 1 is 1.19 bits per heavy atom. The van der Waals surface area contributed by atoms with E-state index in [-0.39, 0.29) is 17.5 Å². The Kier molecular flexibility index (Phi) is 6.77. The summed E-state index contributed by atoms with van der Waals surface area (Å²) in [5.74, 6) is 0. The first-order valence-corrected chi connectivity index (χ1v) is 10.3. The zero-order valence-corrected chi connectivity index (χ0v) is 17.1. The summed E-state index contributed by atoms with van der Waals surface area (Å²) in [5.41, 5.74) is 1.33. The second-order valence-corrected chi connectivity index (χ2v) is 9.10. The van der Waals surface area contributed by atoms with E-state index in [0.717, 1.165) is 45.8 Å². The average Bonchev–Trinajstić information content (AvgIpc) is 3.14. The van der Waals surface area contributed by atoms with E-state index in [4.69, 9.17) is 4.74 Å². The highest BCUT2D eigenvalue weighted by Crippen LogP contribution is 2.29. The molecular formula is C22H35N3O2. The second-order valence-electron chi connectivity index (χ2n) is 9.10. The van der Waals surface area contributed by atoms with Crippen molar-refractivity contribution in [2.75, 3.05) is 39.3 Å². The number of hydrogen-bond acceptors (Lipinski definition) is 3. The topological polar surface area (TPSA) is 44.8 Å². The summed E-state index contributed by atoms with van der Waals surface area (Å²) in [6.07, 6.45) is 3.66. The fourth-order valence-corrected chi connectivity index (χ4v) is 4.00. The summed E-state index contributed by atoms with van der Waals surface area (Å²) in [4.78, 5) is 17.3. The number of carbonyl (C=O) groups is 1. The van der Waals surface area contributed by atoms with Crippen molar-refractivity contribution in [2.45, 2.75) is 52.2 Å². The number of piperazine rings is 1. The molecule has 2 aliphatic heterocycles. The summed E-state index contributed by atoms with van der Waals surface area (Å²) in [6, 6.07) is 10.4. The third kappa shape index (κ3) is 6.22. The lowest BCUT2D eigenvalue weighted by Gasteiger charge is -2.37. The minimum absolute atomic E-state index is 0.0450. The Labute approximate surface area is 164 Å². The van der Waals surface area contributed by atoms with Gasteiger partial charge in [-0.25, -0.2) is 4.79 Å². The molecule has 0 bridgehead atoms. The van der Waals surface area contributed by atoms with E-state index in [1.807, 2.05) is 23.1 Å². The van der Waals surface area contributed by atoms with E-state index < -0.39 is 0 Å². The smallest absolute Gasteiger partial charge is 0.317 e. The molecule has 2 fully saturated rings. The third-order valence-electron chi connectivity index (χ3n) is 5.46. The molecule has 150 valence electrons. The average molecular weight is 374 g/mol. The van der Waals surface area contributed by atoms with Crippen LogP contribution in [0.4, 0.5) is 4.79 Å². The van der Waals surface area contributed by atoms with E-state index in [9.17, 15) is 4.79 Å². The van der Waals surface area contributed by atoms with Gasteiger partial charge in [0.15, 0.2) is 0 Å². The fraction of sp³-hybridized carbons (Fsp3) is 0.682. The first kappa shape index (κ1) is 20.2. The molecule has 0 saturated carbocycles. The fourth-order valence-electron chi connectivity index (χ4n) is 4.00. The number of amides is 2. The van der Waals surface area contributed by atoms with Gasteiger partial charge in [-0.2, -0.15) is 0 Å². The van der Waals surface area contributed by atoms with Gasteiger partial charge >= 0.3 is 6.03 Å². The predicted octanol–water partition coefficient (Wildman–Crippen LogP) is 3.67. The Morgan fingerprint density at radius 3 is 2.48 bits per heavy atom. The predicted molar refractivity (Wildman–Crippen MR) is 109 cm³/mol. The van der Waals surface area contributed by atoms with E-state index >= 15 is 0 Å². The molecule has 0 aliphatic carbocycles. The molecule has 1 aromatic carbocycles. The lowest BCUT2D eigenvalue weighted by atomic mass is 9.85. The van der Waals surface area contributed by atoms with Gasteiger partial charge in [-0.15, -0.1) is 0 Å². The maximum atomic E-state index is 12.9. The highest BCUT2D eigenvalue weighted by Gasteiger charge is 2.27. The zero-order valence-electron chi connectivity index (χ0n) is 17.1. The van der Waals surface area contributed by atoms with Crippen molar-refractivity contribution in [2.24, 2.45) is 5.41 Å². The minimum Gasteiger partial charge on any atom is -0.377 e. The Hall–Kier alpha value is -1.59. The van der Waals surface area contributed by atoms with Gasteiger partial charge in [0.1, 0.15) is 0 Å². The van der Waals surface area contributed by atoms with Crippen molar-refractivity contribution in [1.29, 1.82) is 0 Å². The Morgan fingerprint density at radius 2 is 1.89 bits per heavy atom. The normalized spacial score (nSPS) is 22.6. The van der Waals surface area contributed by atoms with Crippen LogP contribution in [0.5, 0.6) is 0 Å². The van der Waals surface area contributed by atoms with Crippen molar-refractivity contribution in [3.05, 3.63) is 35.9 Å². The number of benzene rings is 1. The molecule has 5 nitrogen and oxygen atoms in total. The molecule has 1 aromatic rings. The molecule has 27 heavy (non-hydrogen) atoms. The summed E-state index contributed by atoms with van der Waals surface area (Å²) in [5, 5.41) is 3.29. The number of ether oxygens (including phenoxy) is 1. The number of nitrogens with zero attached hydrogens (tertiary/aromatic N) is 2. The van der Waals surface area contributed by atoms with Gasteiger partial charge in [-0.3, -0.25) is 4.90 Å². The highest BCUT2D eigenvalue weighted by atomic mass is 16.5. The number of urea groups is 1. The van der Waals surface area contributed by atoms with Gasteiger partial charge in [0.2, 0.25) is 0 Å². The maximum Gasteiger partial charge on any atom is 0.317 e. The largest absolute Gasteiger partial charge is 0.377 e. The first-order valence-electron chi connectivity index (χ1n) is 10.3. The standard InChI is InChI=1S/C22H35N3O2/c1-22(2,3)16-20(18-8-5-4-6-9-18)23-21(26)25-13-11-24(12-14-25)17-19-10-7-15-27-19/h4-6,8-9,19-20H,7,10-17H2,1-3H3,(H,23,26). The van der Waals surface area contributed by atoms with Crippen molar-refractivity contribution < 1.29 is 9.53 Å². The van der Waals surface area contributed by atoms with Gasteiger partial charge in [-0.1, -0.05) is 51.1 Å². The van der Waals surface area contributed by atoms with Gasteiger partial charge in [0.05, 0.1) is 12.1 Å². The van der Waals surface area contributed by atoms with Crippen LogP contribution in [0, 0.1) is 5.41 Å². The van der Waals surface area contributed by atoms with Crippen LogP contribution in [0.25, 0.3) is 0 Å². The SMILES string of the molecule is CC(C)(C)CC(NC(=O)N1CCN(CC2CCCO2)CC1)c1ccccc1. The molecule has 2 amide bonds. The van der Waals surface area contributed by atoms with E-state index in [2.05, 4.69) is 43.1 Å². The van der Waals surface area contributed by atoms with E-state index in [1.165, 1.54) is 18.4 Å². The van der Waals surface area contributed by atoms with Crippen LogP contribution >= 0.6 is 0 Å². The van der Waals surface area contributed by atoms with Crippen LogP contribution in [0.3, 0.4) is 0 Å². The summed E-state index contributed by atoms with van der Waals surface area (Å²) in [7, 11) is 0. The van der Waals surface area contributed by atoms with Crippen LogP contribution in [-0.2, 0) is 4.74 Å². The molecule has 0 aromatic heterocycles. The molecule has 5 heteroatoms. The second kappa shape index (κ2) is 9.07. The lowest BCUT2D eigenvalue weighted by Crippen LogP contribution is -2.53. The van der Waals surface area contributed by atoms with E-state index in [1.54, 1.807) is 0 Å². The lowest BCUT2D eigenvalue weighted by molar-refractivity contribution is 0.0557. The molecule has 2 heterocycles. The number of hydrogen-bond donors (Lipinski definition) is 1. The zero-order chi connectivity index (χ0) is 19.3. The Balaban J connectivity index is 1.53. The Bertz CT molecular complexity index is 585. The van der Waals surface area contributed by atoms with Gasteiger partial charge in [-0.05, 0) is 30.2 Å². The van der Waals surface area contributed by atoms with Crippen LogP contribution < -0.4 is 5.32 Å². The molecule has 2 atom stereocenters. The summed E-state index contributed by atoms with van der Waals surface area (Å²) >= 11 is 0. The number of rotatable bonds is 5. The van der Waals surface area contributed by atoms with Crippen molar-refractivity contribution in [3.63, 3.8) is 0 Å².